The Morgan fingerprint density at radius 2 is 2.00 bits per heavy atom. The standard InChI is InChI=1S/C9H6ClF3O3/c1-15-8(14)16-7-5(9(11,12)13)3-2-4-6(7)10/h2-4H,1H3. The zero-order valence-corrected chi connectivity index (χ0v) is 8.72. The highest BCUT2D eigenvalue weighted by Gasteiger charge is 2.36. The fraction of sp³-hybridized carbons (Fsp3) is 0.222. The number of benzene rings is 1. The van der Waals surface area contributed by atoms with Crippen molar-refractivity contribution in [2.75, 3.05) is 7.11 Å². The Labute approximate surface area is 93.7 Å². The number of carbonyl (C=O) groups excluding carboxylic acids is 1. The first-order valence-electron chi connectivity index (χ1n) is 3.97. The first kappa shape index (κ1) is 12.6. The number of para-hydroxylation sites is 1. The van der Waals surface area contributed by atoms with E-state index in [0.29, 0.717) is 0 Å². The van der Waals surface area contributed by atoms with Crippen molar-refractivity contribution in [1.29, 1.82) is 0 Å². The molecule has 1 rings (SSSR count). The molecule has 0 bridgehead atoms. The highest BCUT2D eigenvalue weighted by molar-refractivity contribution is 6.32. The van der Waals surface area contributed by atoms with Gasteiger partial charge in [0, 0.05) is 0 Å². The molecule has 0 unspecified atom stereocenters. The fourth-order valence-electron chi connectivity index (χ4n) is 0.961. The van der Waals surface area contributed by atoms with Gasteiger partial charge in [-0.3, -0.25) is 0 Å². The average Bonchev–Trinajstić information content (AvgIpc) is 2.19. The summed E-state index contributed by atoms with van der Waals surface area (Å²) in [5, 5.41) is -0.319. The van der Waals surface area contributed by atoms with Crippen LogP contribution in [0.5, 0.6) is 5.75 Å². The summed E-state index contributed by atoms with van der Waals surface area (Å²) in [6, 6.07) is 3.04. The van der Waals surface area contributed by atoms with Gasteiger partial charge in [-0.15, -0.1) is 0 Å². The third-order valence-corrected chi connectivity index (χ3v) is 1.92. The van der Waals surface area contributed by atoms with Crippen molar-refractivity contribution in [3.8, 4) is 5.75 Å². The van der Waals surface area contributed by atoms with Crippen molar-refractivity contribution in [1.82, 2.24) is 0 Å². The molecule has 0 aliphatic carbocycles. The summed E-state index contributed by atoms with van der Waals surface area (Å²) in [7, 11) is 0.979. The Morgan fingerprint density at radius 1 is 1.38 bits per heavy atom. The number of methoxy groups -OCH3 is 1. The van der Waals surface area contributed by atoms with Crippen molar-refractivity contribution in [3.05, 3.63) is 28.8 Å². The topological polar surface area (TPSA) is 35.5 Å². The van der Waals surface area contributed by atoms with Crippen LogP contribution in [-0.4, -0.2) is 13.3 Å². The normalized spacial score (nSPS) is 11.1. The van der Waals surface area contributed by atoms with Crippen molar-refractivity contribution >= 4 is 17.8 Å². The van der Waals surface area contributed by atoms with Crippen LogP contribution in [0.4, 0.5) is 18.0 Å². The summed E-state index contributed by atoms with van der Waals surface area (Å²) in [6.45, 7) is 0. The van der Waals surface area contributed by atoms with Gasteiger partial charge in [0.05, 0.1) is 17.7 Å². The Balaban J connectivity index is 3.19. The molecule has 0 heterocycles. The molecule has 0 radical (unpaired) electrons. The fourth-order valence-corrected chi connectivity index (χ4v) is 1.17. The highest BCUT2D eigenvalue weighted by atomic mass is 35.5. The quantitative estimate of drug-likeness (QED) is 0.568. The molecule has 1 aromatic rings. The van der Waals surface area contributed by atoms with E-state index in [0.717, 1.165) is 19.2 Å². The van der Waals surface area contributed by atoms with Gasteiger partial charge < -0.3 is 9.47 Å². The van der Waals surface area contributed by atoms with Crippen molar-refractivity contribution < 1.29 is 27.4 Å². The second kappa shape index (κ2) is 4.61. The van der Waals surface area contributed by atoms with E-state index in [-0.39, 0.29) is 5.02 Å². The Bertz CT molecular complexity index is 403. The zero-order valence-electron chi connectivity index (χ0n) is 7.97. The largest absolute Gasteiger partial charge is 0.513 e. The summed E-state index contributed by atoms with van der Waals surface area (Å²) in [5.74, 6) is -0.761. The highest BCUT2D eigenvalue weighted by Crippen LogP contribution is 2.40. The van der Waals surface area contributed by atoms with Crippen LogP contribution in [0.3, 0.4) is 0 Å². The number of carbonyl (C=O) groups is 1. The van der Waals surface area contributed by atoms with Gasteiger partial charge in [0.15, 0.2) is 5.75 Å². The molecule has 0 aliphatic rings. The molecule has 1 aromatic carbocycles. The SMILES string of the molecule is COC(=O)Oc1c(Cl)cccc1C(F)(F)F. The minimum Gasteiger partial charge on any atom is -0.437 e. The van der Waals surface area contributed by atoms with Crippen molar-refractivity contribution in [2.24, 2.45) is 0 Å². The molecule has 3 nitrogen and oxygen atoms in total. The van der Waals surface area contributed by atoms with Crippen LogP contribution in [0.2, 0.25) is 5.02 Å². The maximum atomic E-state index is 12.5. The Morgan fingerprint density at radius 3 is 2.50 bits per heavy atom. The maximum absolute atomic E-state index is 12.5. The van der Waals surface area contributed by atoms with Gasteiger partial charge in [-0.1, -0.05) is 17.7 Å². The molecule has 0 N–H and O–H groups in total. The predicted octanol–water partition coefficient (Wildman–Crippen LogP) is 3.50. The Hall–Kier alpha value is -1.43. The van der Waals surface area contributed by atoms with E-state index in [1.807, 2.05) is 0 Å². The molecule has 0 fully saturated rings. The van der Waals surface area contributed by atoms with E-state index in [4.69, 9.17) is 11.6 Å². The van der Waals surface area contributed by atoms with E-state index in [9.17, 15) is 18.0 Å². The molecular formula is C9H6ClF3O3. The van der Waals surface area contributed by atoms with Crippen molar-refractivity contribution in [2.45, 2.75) is 6.18 Å². The third-order valence-electron chi connectivity index (χ3n) is 1.62. The van der Waals surface area contributed by atoms with Gasteiger partial charge in [0.1, 0.15) is 0 Å². The van der Waals surface area contributed by atoms with E-state index in [2.05, 4.69) is 9.47 Å². The van der Waals surface area contributed by atoms with Crippen molar-refractivity contribution in [3.63, 3.8) is 0 Å². The number of alkyl halides is 3. The second-order valence-corrected chi connectivity index (χ2v) is 3.08. The molecule has 0 saturated heterocycles. The summed E-state index contributed by atoms with van der Waals surface area (Å²) < 4.78 is 45.9. The Kier molecular flexibility index (Phi) is 3.64. The molecule has 0 atom stereocenters. The number of rotatable bonds is 1. The summed E-state index contributed by atoms with van der Waals surface area (Å²) >= 11 is 5.50. The van der Waals surface area contributed by atoms with E-state index >= 15 is 0 Å². The van der Waals surface area contributed by atoms with Crippen LogP contribution in [0, 0.1) is 0 Å². The molecule has 7 heteroatoms. The van der Waals surface area contributed by atoms with E-state index in [1.54, 1.807) is 0 Å². The molecule has 0 saturated carbocycles. The smallest absolute Gasteiger partial charge is 0.437 e. The average molecular weight is 255 g/mol. The maximum Gasteiger partial charge on any atom is 0.513 e. The molecule has 0 aliphatic heterocycles. The van der Waals surface area contributed by atoms with Gasteiger partial charge in [0.25, 0.3) is 0 Å². The minimum absolute atomic E-state index is 0.319. The van der Waals surface area contributed by atoms with Gasteiger partial charge in [-0.2, -0.15) is 13.2 Å². The number of halogens is 4. The van der Waals surface area contributed by atoms with Gasteiger partial charge in [-0.25, -0.2) is 4.79 Å². The predicted molar refractivity (Wildman–Crippen MR) is 49.5 cm³/mol. The van der Waals surface area contributed by atoms with Crippen LogP contribution < -0.4 is 4.74 Å². The van der Waals surface area contributed by atoms with Gasteiger partial charge >= 0.3 is 12.3 Å². The van der Waals surface area contributed by atoms with E-state index in [1.165, 1.54) is 6.07 Å². The first-order valence-corrected chi connectivity index (χ1v) is 4.35. The third kappa shape index (κ3) is 2.79. The monoisotopic (exact) mass is 254 g/mol. The summed E-state index contributed by atoms with van der Waals surface area (Å²) in [6.07, 6.45) is -5.92. The van der Waals surface area contributed by atoms with E-state index < -0.39 is 23.6 Å². The molecular weight excluding hydrogens is 249 g/mol. The lowest BCUT2D eigenvalue weighted by Gasteiger charge is -2.12. The van der Waals surface area contributed by atoms with Crippen LogP contribution in [-0.2, 0) is 10.9 Å². The van der Waals surface area contributed by atoms with Crippen LogP contribution in [0.15, 0.2) is 18.2 Å². The zero-order chi connectivity index (χ0) is 12.3. The van der Waals surface area contributed by atoms with Crippen LogP contribution in [0.25, 0.3) is 0 Å². The minimum atomic E-state index is -4.66. The number of hydrogen-bond donors (Lipinski definition) is 0. The lowest BCUT2D eigenvalue weighted by atomic mass is 10.2. The number of ether oxygens (including phenoxy) is 2. The lowest BCUT2D eigenvalue weighted by molar-refractivity contribution is -0.138. The van der Waals surface area contributed by atoms with Gasteiger partial charge in [-0.05, 0) is 12.1 Å². The van der Waals surface area contributed by atoms with Crippen LogP contribution in [0.1, 0.15) is 5.56 Å². The second-order valence-electron chi connectivity index (χ2n) is 2.67. The molecule has 0 amide bonds. The summed E-state index contributed by atoms with van der Waals surface area (Å²) in [4.78, 5) is 10.7. The number of hydrogen-bond acceptors (Lipinski definition) is 3. The van der Waals surface area contributed by atoms with Crippen LogP contribution >= 0.6 is 11.6 Å². The molecule has 88 valence electrons. The molecule has 0 spiro atoms. The molecule has 16 heavy (non-hydrogen) atoms. The summed E-state index contributed by atoms with van der Waals surface area (Å²) in [5.41, 5.74) is -1.13. The van der Waals surface area contributed by atoms with Gasteiger partial charge in [0.2, 0.25) is 0 Å². The lowest BCUT2D eigenvalue weighted by Crippen LogP contribution is -2.13. The molecule has 0 aromatic heterocycles. The first-order chi connectivity index (χ1) is 7.36.